The van der Waals surface area contributed by atoms with Crippen molar-refractivity contribution in [3.63, 3.8) is 0 Å². The van der Waals surface area contributed by atoms with Gasteiger partial charge in [-0.25, -0.2) is 5.43 Å². The summed E-state index contributed by atoms with van der Waals surface area (Å²) >= 11 is 0. The lowest BCUT2D eigenvalue weighted by Gasteiger charge is -2.06. The van der Waals surface area contributed by atoms with Crippen molar-refractivity contribution in [2.45, 2.75) is 13.8 Å². The Balaban J connectivity index is 2.15. The molecule has 102 valence electrons. The molecule has 1 aromatic heterocycles. The maximum atomic E-state index is 12.0. The highest BCUT2D eigenvalue weighted by Crippen LogP contribution is 2.20. The molecule has 0 radical (unpaired) electrons. The number of pyridine rings is 1. The van der Waals surface area contributed by atoms with E-state index >= 15 is 0 Å². The van der Waals surface area contributed by atoms with Gasteiger partial charge >= 0.3 is 0 Å². The van der Waals surface area contributed by atoms with E-state index in [-0.39, 0.29) is 11.3 Å². The number of hydrogen-bond acceptors (Lipinski definition) is 4. The number of aromatic nitrogens is 1. The highest BCUT2D eigenvalue weighted by Gasteiger charge is 2.11. The molecule has 2 aromatic rings. The molecule has 0 spiro atoms. The maximum absolute atomic E-state index is 12.0. The molecule has 0 atom stereocenters. The van der Waals surface area contributed by atoms with Gasteiger partial charge in [0, 0.05) is 18.0 Å². The topological polar surface area (TPSA) is 74.6 Å². The number of hydrogen-bond donors (Lipinski definition) is 2. The number of aryl methyl sites for hydroxylation is 1. The van der Waals surface area contributed by atoms with Crippen molar-refractivity contribution >= 4 is 11.6 Å². The summed E-state index contributed by atoms with van der Waals surface area (Å²) in [5.41, 5.74) is 4.81. The zero-order chi connectivity index (χ0) is 14.5. The van der Waals surface area contributed by atoms with E-state index in [1.165, 1.54) is 0 Å². The number of phenols is 1. The van der Waals surface area contributed by atoms with Crippen LogP contribution in [0.15, 0.2) is 47.8 Å². The second kappa shape index (κ2) is 5.97. The molecule has 0 bridgehead atoms. The average molecular weight is 269 g/mol. The monoisotopic (exact) mass is 269 g/mol. The minimum absolute atomic E-state index is 0.0261. The SMILES string of the molecule is C/C(=N/NC(=O)c1cccc(C)c1O)c1ccncc1. The van der Waals surface area contributed by atoms with Gasteiger partial charge in [0.25, 0.3) is 5.91 Å². The maximum Gasteiger partial charge on any atom is 0.275 e. The predicted molar refractivity (Wildman–Crippen MR) is 76.8 cm³/mol. The first-order chi connectivity index (χ1) is 9.59. The van der Waals surface area contributed by atoms with Crippen molar-refractivity contribution in [1.82, 2.24) is 10.4 Å². The van der Waals surface area contributed by atoms with Crippen LogP contribution in [0, 0.1) is 6.92 Å². The Kier molecular flexibility index (Phi) is 4.10. The standard InChI is InChI=1S/C15H15N3O2/c1-10-4-3-5-13(14(10)19)15(20)18-17-11(2)12-6-8-16-9-7-12/h3-9,19H,1-2H3,(H,18,20)/b17-11-. The summed E-state index contributed by atoms with van der Waals surface area (Å²) in [5.74, 6) is -0.471. The Morgan fingerprint density at radius 3 is 2.65 bits per heavy atom. The van der Waals surface area contributed by atoms with Gasteiger partial charge in [0.1, 0.15) is 5.75 Å². The molecule has 0 saturated heterocycles. The van der Waals surface area contributed by atoms with E-state index in [0.29, 0.717) is 11.3 Å². The van der Waals surface area contributed by atoms with Crippen LogP contribution in [0.25, 0.3) is 0 Å². The molecule has 0 unspecified atom stereocenters. The van der Waals surface area contributed by atoms with Gasteiger partial charge in [-0.15, -0.1) is 0 Å². The number of carbonyl (C=O) groups excluding carboxylic acids is 1. The van der Waals surface area contributed by atoms with Crippen molar-refractivity contribution in [2.75, 3.05) is 0 Å². The second-order valence-electron chi connectivity index (χ2n) is 4.35. The predicted octanol–water partition coefficient (Wildman–Crippen LogP) is 2.25. The lowest BCUT2D eigenvalue weighted by atomic mass is 10.1. The lowest BCUT2D eigenvalue weighted by molar-refractivity contribution is 0.0952. The molecule has 1 amide bonds. The lowest BCUT2D eigenvalue weighted by Crippen LogP contribution is -2.19. The van der Waals surface area contributed by atoms with Crippen LogP contribution in [-0.2, 0) is 0 Å². The highest BCUT2D eigenvalue weighted by atomic mass is 16.3. The Labute approximate surface area is 117 Å². The Hall–Kier alpha value is -2.69. The molecule has 0 aliphatic heterocycles. The number of aromatic hydroxyl groups is 1. The van der Waals surface area contributed by atoms with Crippen molar-refractivity contribution in [2.24, 2.45) is 5.10 Å². The van der Waals surface area contributed by atoms with Crippen LogP contribution in [0.1, 0.15) is 28.4 Å². The number of para-hydroxylation sites is 1. The minimum Gasteiger partial charge on any atom is -0.507 e. The molecular weight excluding hydrogens is 254 g/mol. The van der Waals surface area contributed by atoms with Gasteiger partial charge in [-0.2, -0.15) is 5.10 Å². The number of amides is 1. The third-order valence-corrected chi connectivity index (χ3v) is 2.91. The number of rotatable bonds is 3. The third-order valence-electron chi connectivity index (χ3n) is 2.91. The van der Waals surface area contributed by atoms with Gasteiger partial charge in [0.05, 0.1) is 11.3 Å². The Morgan fingerprint density at radius 1 is 1.25 bits per heavy atom. The summed E-state index contributed by atoms with van der Waals surface area (Å²) in [6.45, 7) is 3.52. The summed E-state index contributed by atoms with van der Waals surface area (Å²) in [4.78, 5) is 15.9. The molecule has 20 heavy (non-hydrogen) atoms. The quantitative estimate of drug-likeness (QED) is 0.663. The summed E-state index contributed by atoms with van der Waals surface area (Å²) in [6.07, 6.45) is 3.31. The number of nitrogens with zero attached hydrogens (tertiary/aromatic N) is 2. The van der Waals surface area contributed by atoms with Crippen LogP contribution in [0.4, 0.5) is 0 Å². The summed E-state index contributed by atoms with van der Waals surface area (Å²) in [5, 5.41) is 13.9. The molecule has 5 nitrogen and oxygen atoms in total. The van der Waals surface area contributed by atoms with E-state index in [2.05, 4.69) is 15.5 Å². The van der Waals surface area contributed by atoms with Gasteiger partial charge in [-0.05, 0) is 37.6 Å². The molecule has 1 aromatic carbocycles. The van der Waals surface area contributed by atoms with Crippen LogP contribution < -0.4 is 5.43 Å². The Bertz CT molecular complexity index is 651. The van der Waals surface area contributed by atoms with Crippen molar-refractivity contribution in [3.8, 4) is 5.75 Å². The van der Waals surface area contributed by atoms with Gasteiger partial charge in [-0.1, -0.05) is 12.1 Å². The molecule has 0 aliphatic carbocycles. The molecule has 5 heteroatoms. The largest absolute Gasteiger partial charge is 0.507 e. The number of carbonyl (C=O) groups is 1. The normalized spacial score (nSPS) is 11.2. The van der Waals surface area contributed by atoms with Gasteiger partial charge in [0.2, 0.25) is 0 Å². The molecular formula is C15H15N3O2. The summed E-state index contributed by atoms with van der Waals surface area (Å²) in [6, 6.07) is 8.60. The van der Waals surface area contributed by atoms with E-state index in [1.54, 1.807) is 56.6 Å². The third kappa shape index (κ3) is 3.00. The van der Waals surface area contributed by atoms with Crippen LogP contribution in [0.2, 0.25) is 0 Å². The van der Waals surface area contributed by atoms with E-state index in [9.17, 15) is 9.90 Å². The Morgan fingerprint density at radius 2 is 1.95 bits per heavy atom. The van der Waals surface area contributed by atoms with Gasteiger partial charge < -0.3 is 5.11 Å². The average Bonchev–Trinajstić information content (AvgIpc) is 2.48. The van der Waals surface area contributed by atoms with Crippen LogP contribution in [0.3, 0.4) is 0 Å². The number of nitrogens with one attached hydrogen (secondary N) is 1. The first-order valence-electron chi connectivity index (χ1n) is 6.13. The number of phenolic OH excluding ortho intramolecular Hbond substituents is 1. The first kappa shape index (κ1) is 13.7. The summed E-state index contributed by atoms with van der Waals surface area (Å²) in [7, 11) is 0. The van der Waals surface area contributed by atoms with E-state index in [0.717, 1.165) is 5.56 Å². The van der Waals surface area contributed by atoms with Crippen molar-refractivity contribution < 1.29 is 9.90 Å². The van der Waals surface area contributed by atoms with Crippen LogP contribution in [0.5, 0.6) is 5.75 Å². The van der Waals surface area contributed by atoms with Crippen LogP contribution >= 0.6 is 0 Å². The fraction of sp³-hybridized carbons (Fsp3) is 0.133. The molecule has 2 rings (SSSR count). The fourth-order valence-electron chi connectivity index (χ4n) is 1.69. The van der Waals surface area contributed by atoms with Crippen LogP contribution in [-0.4, -0.2) is 21.7 Å². The zero-order valence-corrected chi connectivity index (χ0v) is 11.3. The highest BCUT2D eigenvalue weighted by molar-refractivity contribution is 6.01. The molecule has 1 heterocycles. The van der Waals surface area contributed by atoms with Gasteiger partial charge in [-0.3, -0.25) is 9.78 Å². The summed E-state index contributed by atoms with van der Waals surface area (Å²) < 4.78 is 0. The molecule has 0 fully saturated rings. The van der Waals surface area contributed by atoms with Crippen molar-refractivity contribution in [1.29, 1.82) is 0 Å². The first-order valence-corrected chi connectivity index (χ1v) is 6.13. The zero-order valence-electron chi connectivity index (χ0n) is 11.3. The smallest absolute Gasteiger partial charge is 0.275 e. The number of hydrazone groups is 1. The van der Waals surface area contributed by atoms with Crippen molar-refractivity contribution in [3.05, 3.63) is 59.4 Å². The van der Waals surface area contributed by atoms with E-state index in [4.69, 9.17) is 0 Å². The molecule has 2 N–H and O–H groups in total. The molecule has 0 aliphatic rings. The van der Waals surface area contributed by atoms with E-state index < -0.39 is 5.91 Å². The molecule has 0 saturated carbocycles. The second-order valence-corrected chi connectivity index (χ2v) is 4.35. The fourth-order valence-corrected chi connectivity index (χ4v) is 1.69. The van der Waals surface area contributed by atoms with Gasteiger partial charge in [0.15, 0.2) is 0 Å². The number of benzene rings is 1. The van der Waals surface area contributed by atoms with E-state index in [1.807, 2.05) is 0 Å². The minimum atomic E-state index is -0.445.